The minimum absolute atomic E-state index is 0.0410. The van der Waals surface area contributed by atoms with Gasteiger partial charge >= 0.3 is 0 Å². The van der Waals surface area contributed by atoms with E-state index in [4.69, 9.17) is 11.6 Å². The largest absolute Gasteiger partial charge is 0.383 e. The number of hydrazine groups is 2. The maximum atomic E-state index is 10.1. The fourth-order valence-electron chi connectivity index (χ4n) is 4.85. The monoisotopic (exact) mass is 549 g/mol. The van der Waals surface area contributed by atoms with Gasteiger partial charge in [-0.25, -0.2) is 0 Å². The van der Waals surface area contributed by atoms with Gasteiger partial charge in [0.05, 0.1) is 39.5 Å². The average Bonchev–Trinajstić information content (AvgIpc) is 3.56. The summed E-state index contributed by atoms with van der Waals surface area (Å²) in [6, 6.07) is 18.1. The molecule has 1 aliphatic heterocycles. The van der Waals surface area contributed by atoms with E-state index in [-0.39, 0.29) is 5.41 Å². The number of benzene rings is 2. The van der Waals surface area contributed by atoms with Gasteiger partial charge in [0.25, 0.3) is 0 Å². The number of nitriles is 3. The van der Waals surface area contributed by atoms with E-state index >= 15 is 0 Å². The van der Waals surface area contributed by atoms with Gasteiger partial charge < -0.3 is 16.1 Å². The van der Waals surface area contributed by atoms with Crippen LogP contribution < -0.4 is 21.6 Å². The van der Waals surface area contributed by atoms with Crippen molar-refractivity contribution in [1.29, 1.82) is 15.8 Å². The molecule has 2 heterocycles. The van der Waals surface area contributed by atoms with Crippen molar-refractivity contribution in [3.8, 4) is 18.2 Å². The van der Waals surface area contributed by atoms with Gasteiger partial charge in [-0.05, 0) is 42.0 Å². The second-order valence-electron chi connectivity index (χ2n) is 11.6. The van der Waals surface area contributed by atoms with Crippen LogP contribution in [0.5, 0.6) is 0 Å². The maximum Gasteiger partial charge on any atom is 0.148 e. The lowest BCUT2D eigenvalue weighted by atomic mass is 9.69. The molecule has 1 fully saturated rings. The van der Waals surface area contributed by atoms with Crippen molar-refractivity contribution in [2.45, 2.75) is 44.6 Å². The van der Waals surface area contributed by atoms with Crippen LogP contribution in [0.2, 0.25) is 5.02 Å². The fraction of sp³-hybridized carbons (Fsp3) is 0.310. The summed E-state index contributed by atoms with van der Waals surface area (Å²) in [7, 11) is 1.99. The molecule has 3 aromatic rings. The Balaban J connectivity index is 1.65. The summed E-state index contributed by atoms with van der Waals surface area (Å²) >= 11 is 6.73. The maximum absolute atomic E-state index is 10.1. The molecule has 0 spiro atoms. The first-order valence-electron chi connectivity index (χ1n) is 13.0. The van der Waals surface area contributed by atoms with Crippen molar-refractivity contribution < 1.29 is 0 Å². The summed E-state index contributed by atoms with van der Waals surface area (Å²) in [5.41, 5.74) is 8.96. The summed E-state index contributed by atoms with van der Waals surface area (Å²) in [5.74, 6) is 0. The highest BCUT2D eigenvalue weighted by molar-refractivity contribution is 6.33. The molecule has 0 saturated heterocycles. The van der Waals surface area contributed by atoms with Crippen LogP contribution in [0.15, 0.2) is 54.5 Å². The normalized spacial score (nSPS) is 17.0. The molecule has 1 atom stereocenters. The van der Waals surface area contributed by atoms with Crippen LogP contribution in [0, 0.1) is 39.4 Å². The molecule has 9 nitrogen and oxygen atoms in total. The molecule has 11 heteroatoms. The quantitative estimate of drug-likeness (QED) is 0.320. The van der Waals surface area contributed by atoms with E-state index < -0.39 is 11.0 Å². The Kier molecular flexibility index (Phi) is 6.76. The van der Waals surface area contributed by atoms with Crippen molar-refractivity contribution in [2.24, 2.45) is 5.41 Å². The van der Waals surface area contributed by atoms with Crippen LogP contribution in [-0.4, -0.2) is 29.9 Å². The highest BCUT2D eigenvalue weighted by atomic mass is 35.5. The van der Waals surface area contributed by atoms with Crippen molar-refractivity contribution in [3.63, 3.8) is 0 Å². The Bertz CT molecular complexity index is 1650. The van der Waals surface area contributed by atoms with E-state index in [9.17, 15) is 15.8 Å². The smallest absolute Gasteiger partial charge is 0.148 e. The average molecular weight is 550 g/mol. The van der Waals surface area contributed by atoms with Crippen LogP contribution in [0.25, 0.3) is 10.9 Å². The predicted molar refractivity (Wildman–Crippen MR) is 158 cm³/mol. The number of pyridine rings is 1. The number of aromatic nitrogens is 1. The van der Waals surface area contributed by atoms with Crippen LogP contribution in [0.4, 0.5) is 11.4 Å². The number of hydrogen-bond acceptors (Lipinski definition) is 9. The summed E-state index contributed by atoms with van der Waals surface area (Å²) in [6.07, 6.45) is 4.94. The van der Waals surface area contributed by atoms with Crippen LogP contribution in [-0.2, 0) is 5.44 Å². The summed E-state index contributed by atoms with van der Waals surface area (Å²) in [6.45, 7) is 6.94. The second kappa shape index (κ2) is 9.95. The first-order chi connectivity index (χ1) is 19.0. The Morgan fingerprint density at radius 3 is 2.48 bits per heavy atom. The lowest BCUT2D eigenvalue weighted by Crippen LogP contribution is -2.47. The third kappa shape index (κ3) is 4.87. The molecule has 0 radical (unpaired) electrons. The van der Waals surface area contributed by atoms with E-state index in [0.717, 1.165) is 24.1 Å². The molecular formula is C29H29BClN9. The van der Waals surface area contributed by atoms with Gasteiger partial charge in [-0.15, -0.1) is 5.53 Å². The third-order valence-corrected chi connectivity index (χ3v) is 7.64. The molecular weight excluding hydrogens is 521 g/mol. The van der Waals surface area contributed by atoms with Gasteiger partial charge in [0.2, 0.25) is 0 Å². The number of anilines is 2. The van der Waals surface area contributed by atoms with E-state index in [1.54, 1.807) is 11.1 Å². The standard InChI is InChI=1S/C29H29BClN9/c1-27(2,3)17-36-26-19(13-33)14-35-25-18(12-32)10-20(11-21(25)26)37-29(30,22-6-4-5-7-23(22)31)24-15-40(39-38-24)28(16-34)8-9-28/h4-7,10-11,14-15,37-39H,8-9,17,30H2,1-3H3,(H,35,36). The van der Waals surface area contributed by atoms with Gasteiger partial charge in [0.1, 0.15) is 25.5 Å². The highest BCUT2D eigenvalue weighted by Crippen LogP contribution is 2.43. The van der Waals surface area contributed by atoms with E-state index in [1.165, 1.54) is 6.20 Å². The SMILES string of the molecule is BC(Nc1cc(C#N)c2ncc(C#N)c(NCC(C)(C)C)c2c1)(C1=CN(C2(C#N)CC2)NN1)c1ccccc1Cl. The van der Waals surface area contributed by atoms with Crippen LogP contribution in [0.1, 0.15) is 50.3 Å². The van der Waals surface area contributed by atoms with Crippen LogP contribution >= 0.6 is 11.6 Å². The Labute approximate surface area is 239 Å². The zero-order valence-electron chi connectivity index (χ0n) is 22.9. The minimum Gasteiger partial charge on any atom is -0.383 e. The molecule has 2 aromatic carbocycles. The van der Waals surface area contributed by atoms with Gasteiger partial charge in [-0.2, -0.15) is 15.8 Å². The third-order valence-electron chi connectivity index (χ3n) is 7.32. The topological polar surface area (TPSA) is 136 Å². The molecule has 0 bridgehead atoms. The van der Waals surface area contributed by atoms with E-state index in [0.29, 0.717) is 45.0 Å². The molecule has 1 aromatic heterocycles. The Morgan fingerprint density at radius 2 is 1.85 bits per heavy atom. The molecule has 2 aliphatic rings. The number of nitrogens with one attached hydrogen (secondary N) is 4. The molecule has 1 saturated carbocycles. The lowest BCUT2D eigenvalue weighted by Gasteiger charge is -2.34. The molecule has 200 valence electrons. The number of rotatable bonds is 7. The minimum atomic E-state index is -0.898. The number of fused-ring (bicyclic) bond motifs is 1. The predicted octanol–water partition coefficient (Wildman–Crippen LogP) is 4.21. The van der Waals surface area contributed by atoms with Crippen LogP contribution in [0.3, 0.4) is 0 Å². The molecule has 1 aliphatic carbocycles. The molecule has 40 heavy (non-hydrogen) atoms. The van der Waals surface area contributed by atoms with Crippen molar-refractivity contribution in [1.82, 2.24) is 21.0 Å². The van der Waals surface area contributed by atoms with Crippen molar-refractivity contribution >= 4 is 41.7 Å². The number of nitrogens with zero attached hydrogens (tertiary/aromatic N) is 5. The molecule has 4 N–H and O–H groups in total. The van der Waals surface area contributed by atoms with Crippen molar-refractivity contribution in [2.75, 3.05) is 17.2 Å². The van der Waals surface area contributed by atoms with E-state index in [1.807, 2.05) is 44.4 Å². The summed E-state index contributed by atoms with van der Waals surface area (Å²) in [4.78, 5) is 4.46. The molecule has 5 rings (SSSR count). The van der Waals surface area contributed by atoms with Crippen molar-refractivity contribution in [3.05, 3.63) is 76.2 Å². The lowest BCUT2D eigenvalue weighted by molar-refractivity contribution is 0.216. The van der Waals surface area contributed by atoms with Gasteiger partial charge in [0.15, 0.2) is 0 Å². The summed E-state index contributed by atoms with van der Waals surface area (Å²) < 4.78 is 0. The second-order valence-corrected chi connectivity index (χ2v) is 12.0. The zero-order valence-corrected chi connectivity index (χ0v) is 23.6. The zero-order chi connectivity index (χ0) is 28.7. The molecule has 0 amide bonds. The van der Waals surface area contributed by atoms with E-state index in [2.05, 4.69) is 65.6 Å². The number of hydrogen-bond donors (Lipinski definition) is 4. The van der Waals surface area contributed by atoms with Gasteiger partial charge in [0, 0.05) is 35.0 Å². The highest BCUT2D eigenvalue weighted by Gasteiger charge is 2.51. The Hall–Kier alpha value is -4.43. The van der Waals surface area contributed by atoms with Gasteiger partial charge in [-0.1, -0.05) is 50.6 Å². The molecule has 1 unspecified atom stereocenters. The Morgan fingerprint density at radius 1 is 1.12 bits per heavy atom. The fourth-order valence-corrected chi connectivity index (χ4v) is 5.17. The first-order valence-corrected chi connectivity index (χ1v) is 13.4. The first kappa shape index (κ1) is 27.2. The summed E-state index contributed by atoms with van der Waals surface area (Å²) in [5, 5.41) is 39.7. The number of halogens is 1. The van der Waals surface area contributed by atoms with Gasteiger partial charge in [-0.3, -0.25) is 9.99 Å².